The first-order chi connectivity index (χ1) is 5.11. The Kier molecular flexibility index (Phi) is 2.49. The summed E-state index contributed by atoms with van der Waals surface area (Å²) in [5.74, 6) is 0.160. The summed E-state index contributed by atoms with van der Waals surface area (Å²) in [6, 6.07) is 0. The van der Waals surface area contributed by atoms with Crippen LogP contribution < -0.4 is 5.73 Å². The molecule has 2 unspecified atom stereocenters. The van der Waals surface area contributed by atoms with E-state index in [1.165, 1.54) is 0 Å². The lowest BCUT2D eigenvalue weighted by Gasteiger charge is -2.14. The van der Waals surface area contributed by atoms with Crippen LogP contribution in [-0.2, 0) is 9.53 Å². The van der Waals surface area contributed by atoms with Crippen molar-refractivity contribution in [3.63, 3.8) is 0 Å². The molecule has 1 aliphatic heterocycles. The molecule has 0 aromatic heterocycles. The first-order valence-corrected chi connectivity index (χ1v) is 4.06. The molecule has 0 aromatic rings. The van der Waals surface area contributed by atoms with Gasteiger partial charge in [-0.25, -0.2) is 0 Å². The fourth-order valence-electron chi connectivity index (χ4n) is 1.36. The van der Waals surface area contributed by atoms with Gasteiger partial charge < -0.3 is 10.5 Å². The summed E-state index contributed by atoms with van der Waals surface area (Å²) in [6.07, 6.45) is 1.65. The second-order valence-corrected chi connectivity index (χ2v) is 3.39. The Morgan fingerprint density at radius 3 is 2.45 bits per heavy atom. The van der Waals surface area contributed by atoms with E-state index in [0.717, 1.165) is 12.8 Å². The molecule has 1 heterocycles. The van der Waals surface area contributed by atoms with Gasteiger partial charge >= 0.3 is 0 Å². The molecule has 11 heavy (non-hydrogen) atoms. The van der Waals surface area contributed by atoms with Crippen molar-refractivity contribution in [1.82, 2.24) is 0 Å². The average molecular weight is 157 g/mol. The van der Waals surface area contributed by atoms with Gasteiger partial charge in [0.25, 0.3) is 0 Å². The Hall–Kier alpha value is -0.570. The number of hydrogen-bond donors (Lipinski definition) is 1. The van der Waals surface area contributed by atoms with Crippen LogP contribution in [0.15, 0.2) is 0 Å². The number of carbonyl (C=O) groups is 1. The molecule has 2 atom stereocenters. The third-order valence-corrected chi connectivity index (χ3v) is 2.11. The Morgan fingerprint density at radius 2 is 2.18 bits per heavy atom. The van der Waals surface area contributed by atoms with Crippen LogP contribution in [0.5, 0.6) is 0 Å². The molecule has 1 amide bonds. The van der Waals surface area contributed by atoms with Gasteiger partial charge in [-0.15, -0.1) is 0 Å². The van der Waals surface area contributed by atoms with Gasteiger partial charge in [0.1, 0.15) is 6.10 Å². The third kappa shape index (κ3) is 1.93. The lowest BCUT2D eigenvalue weighted by molar-refractivity contribution is -0.129. The monoisotopic (exact) mass is 157 g/mol. The smallest absolute Gasteiger partial charge is 0.246 e. The van der Waals surface area contributed by atoms with Crippen molar-refractivity contribution in [1.29, 1.82) is 0 Å². The summed E-state index contributed by atoms with van der Waals surface area (Å²) in [4.78, 5) is 10.7. The molecule has 2 N–H and O–H groups in total. The molecule has 0 radical (unpaired) electrons. The minimum absolute atomic E-state index is 0.229. The van der Waals surface area contributed by atoms with Crippen molar-refractivity contribution in [2.75, 3.05) is 0 Å². The first-order valence-electron chi connectivity index (χ1n) is 4.06. The maximum absolute atomic E-state index is 10.7. The van der Waals surface area contributed by atoms with Crippen LogP contribution in [0.3, 0.4) is 0 Å². The summed E-state index contributed by atoms with van der Waals surface area (Å²) >= 11 is 0. The van der Waals surface area contributed by atoms with E-state index in [0.29, 0.717) is 5.92 Å². The molecular formula is C8H15NO2. The van der Waals surface area contributed by atoms with E-state index in [-0.39, 0.29) is 18.1 Å². The van der Waals surface area contributed by atoms with Gasteiger partial charge in [0.05, 0.1) is 6.10 Å². The predicted octanol–water partition coefficient (Wildman–Crippen LogP) is 0.675. The van der Waals surface area contributed by atoms with Gasteiger partial charge in [0.2, 0.25) is 5.91 Å². The van der Waals surface area contributed by atoms with Gasteiger partial charge in [-0.2, -0.15) is 0 Å². The highest BCUT2D eigenvalue weighted by atomic mass is 16.5. The number of rotatable bonds is 2. The number of ether oxygens (including phenoxy) is 1. The normalized spacial score (nSPS) is 31.2. The first kappa shape index (κ1) is 8.53. The number of primary amides is 1. The molecule has 0 saturated carbocycles. The zero-order chi connectivity index (χ0) is 8.43. The maximum Gasteiger partial charge on any atom is 0.246 e. The van der Waals surface area contributed by atoms with Crippen molar-refractivity contribution in [2.24, 2.45) is 11.7 Å². The SMILES string of the molecule is CC(C)C1CCC(C(N)=O)O1. The molecule has 3 nitrogen and oxygen atoms in total. The van der Waals surface area contributed by atoms with E-state index < -0.39 is 0 Å². The molecule has 3 heteroatoms. The summed E-state index contributed by atoms with van der Waals surface area (Å²) in [5.41, 5.74) is 5.10. The van der Waals surface area contributed by atoms with Crippen molar-refractivity contribution in [3.05, 3.63) is 0 Å². The van der Waals surface area contributed by atoms with E-state index in [4.69, 9.17) is 10.5 Å². The number of carbonyl (C=O) groups excluding carboxylic acids is 1. The Morgan fingerprint density at radius 1 is 1.55 bits per heavy atom. The average Bonchev–Trinajstić information content (AvgIpc) is 2.33. The Balaban J connectivity index is 2.41. The summed E-state index contributed by atoms with van der Waals surface area (Å²) in [7, 11) is 0. The number of amides is 1. The zero-order valence-electron chi connectivity index (χ0n) is 7.04. The van der Waals surface area contributed by atoms with Gasteiger partial charge in [0.15, 0.2) is 0 Å². The highest BCUT2D eigenvalue weighted by Crippen LogP contribution is 2.24. The molecule has 0 aromatic carbocycles. The fourth-order valence-corrected chi connectivity index (χ4v) is 1.36. The topological polar surface area (TPSA) is 52.3 Å². The third-order valence-electron chi connectivity index (χ3n) is 2.11. The summed E-state index contributed by atoms with van der Waals surface area (Å²) < 4.78 is 5.41. The molecule has 1 fully saturated rings. The minimum Gasteiger partial charge on any atom is -0.367 e. The number of nitrogens with two attached hydrogens (primary N) is 1. The quantitative estimate of drug-likeness (QED) is 0.640. The molecule has 1 aliphatic rings. The van der Waals surface area contributed by atoms with Gasteiger partial charge in [-0.1, -0.05) is 13.8 Å². The second-order valence-electron chi connectivity index (χ2n) is 3.39. The Labute approximate surface area is 66.9 Å². The van der Waals surface area contributed by atoms with Crippen LogP contribution in [0.4, 0.5) is 0 Å². The van der Waals surface area contributed by atoms with Crippen molar-refractivity contribution >= 4 is 5.91 Å². The maximum atomic E-state index is 10.7. The van der Waals surface area contributed by atoms with Crippen LogP contribution in [0.25, 0.3) is 0 Å². The lowest BCUT2D eigenvalue weighted by Crippen LogP contribution is -2.29. The molecule has 1 saturated heterocycles. The molecule has 64 valence electrons. The molecule has 0 spiro atoms. The molecule has 1 rings (SSSR count). The molecular weight excluding hydrogens is 142 g/mol. The lowest BCUT2D eigenvalue weighted by atomic mass is 10.0. The second kappa shape index (κ2) is 3.22. The van der Waals surface area contributed by atoms with Crippen LogP contribution in [0, 0.1) is 5.92 Å². The predicted molar refractivity (Wildman–Crippen MR) is 41.9 cm³/mol. The minimum atomic E-state index is -0.331. The van der Waals surface area contributed by atoms with E-state index in [9.17, 15) is 4.79 Å². The van der Waals surface area contributed by atoms with Crippen molar-refractivity contribution in [3.8, 4) is 0 Å². The summed E-state index contributed by atoms with van der Waals surface area (Å²) in [6.45, 7) is 4.18. The molecule has 0 bridgehead atoms. The van der Waals surface area contributed by atoms with Crippen LogP contribution in [-0.4, -0.2) is 18.1 Å². The van der Waals surface area contributed by atoms with E-state index in [1.807, 2.05) is 0 Å². The van der Waals surface area contributed by atoms with Gasteiger partial charge in [0, 0.05) is 0 Å². The van der Waals surface area contributed by atoms with Gasteiger partial charge in [-0.05, 0) is 18.8 Å². The van der Waals surface area contributed by atoms with E-state index in [1.54, 1.807) is 0 Å². The fraction of sp³-hybridized carbons (Fsp3) is 0.875. The van der Waals surface area contributed by atoms with E-state index >= 15 is 0 Å². The van der Waals surface area contributed by atoms with Gasteiger partial charge in [-0.3, -0.25) is 4.79 Å². The summed E-state index contributed by atoms with van der Waals surface area (Å²) in [5, 5.41) is 0. The van der Waals surface area contributed by atoms with Crippen molar-refractivity contribution in [2.45, 2.75) is 38.9 Å². The largest absolute Gasteiger partial charge is 0.367 e. The highest BCUT2D eigenvalue weighted by Gasteiger charge is 2.30. The van der Waals surface area contributed by atoms with E-state index in [2.05, 4.69) is 13.8 Å². The highest BCUT2D eigenvalue weighted by molar-refractivity contribution is 5.79. The zero-order valence-corrected chi connectivity index (χ0v) is 7.04. The van der Waals surface area contributed by atoms with Crippen LogP contribution >= 0.6 is 0 Å². The Bertz CT molecular complexity index is 156. The number of hydrogen-bond acceptors (Lipinski definition) is 2. The van der Waals surface area contributed by atoms with Crippen molar-refractivity contribution < 1.29 is 9.53 Å². The standard InChI is InChI=1S/C8H15NO2/c1-5(2)6-3-4-7(11-6)8(9)10/h5-7H,3-4H2,1-2H3,(H2,9,10). The van der Waals surface area contributed by atoms with Crippen LogP contribution in [0.1, 0.15) is 26.7 Å². The van der Waals surface area contributed by atoms with Crippen LogP contribution in [0.2, 0.25) is 0 Å². The molecule has 0 aliphatic carbocycles.